The summed E-state index contributed by atoms with van der Waals surface area (Å²) in [4.78, 5) is 31.2. The number of anilines is 2. The molecule has 7 heteroatoms. The summed E-state index contributed by atoms with van der Waals surface area (Å²) in [7, 11) is 0. The van der Waals surface area contributed by atoms with E-state index in [9.17, 15) is 9.59 Å². The zero-order valence-corrected chi connectivity index (χ0v) is 19.6. The first-order chi connectivity index (χ1) is 15.0. The maximum Gasteiger partial charge on any atom is 0.348 e. The molecule has 0 radical (unpaired) electrons. The third kappa shape index (κ3) is 6.31. The Kier molecular flexibility index (Phi) is 8.49. The van der Waals surface area contributed by atoms with Crippen LogP contribution >= 0.6 is 11.3 Å². The molecule has 0 spiro atoms. The molecule has 2 heterocycles. The third-order valence-corrected chi connectivity index (χ3v) is 6.84. The summed E-state index contributed by atoms with van der Waals surface area (Å²) in [5.41, 5.74) is 3.05. The van der Waals surface area contributed by atoms with Gasteiger partial charge in [-0.05, 0) is 55.3 Å². The fraction of sp³-hybridized carbons (Fsp3) is 0.500. The number of nitrogens with zero attached hydrogens (tertiary/aromatic N) is 2. The maximum absolute atomic E-state index is 12.4. The van der Waals surface area contributed by atoms with Crippen LogP contribution in [-0.4, -0.2) is 56.1 Å². The summed E-state index contributed by atoms with van der Waals surface area (Å²) in [6.45, 7) is 11.4. The molecule has 1 aliphatic heterocycles. The van der Waals surface area contributed by atoms with Crippen LogP contribution in [0.3, 0.4) is 0 Å². The van der Waals surface area contributed by atoms with Crippen LogP contribution in [0.2, 0.25) is 0 Å². The molecule has 2 aromatic rings. The van der Waals surface area contributed by atoms with Gasteiger partial charge in [-0.3, -0.25) is 4.79 Å². The Hall–Kier alpha value is -2.38. The predicted octanol–water partition coefficient (Wildman–Crippen LogP) is 4.20. The number of carbonyl (C=O) groups excluding carboxylic acids is 2. The number of nitrogens with one attached hydrogen (secondary N) is 1. The molecular weight excluding hydrogens is 410 g/mol. The summed E-state index contributed by atoms with van der Waals surface area (Å²) >= 11 is 1.48. The fourth-order valence-corrected chi connectivity index (χ4v) is 5.03. The van der Waals surface area contributed by atoms with Gasteiger partial charge in [-0.1, -0.05) is 27.2 Å². The van der Waals surface area contributed by atoms with Crippen molar-refractivity contribution in [2.24, 2.45) is 0 Å². The molecule has 0 aliphatic carbocycles. The first kappa shape index (κ1) is 23.3. The van der Waals surface area contributed by atoms with Gasteiger partial charge < -0.3 is 19.9 Å². The number of thiophene rings is 1. The standard InChI is InChI=1S/C24H33N3O3S/c1-4-7-21-18(5-2)16-22(31-21)24(29)30-17-23(28)25-19-8-10-20(11-9-19)27-14-12-26(6-3)13-15-27/h8-11,16H,4-7,12-15,17H2,1-3H3,(H,25,28). The van der Waals surface area contributed by atoms with Crippen LogP contribution in [0, 0.1) is 0 Å². The lowest BCUT2D eigenvalue weighted by Crippen LogP contribution is -2.46. The molecule has 1 amide bonds. The molecule has 1 aliphatic rings. The number of benzene rings is 1. The van der Waals surface area contributed by atoms with Gasteiger partial charge in [0.05, 0.1) is 0 Å². The molecule has 3 rings (SSSR count). The van der Waals surface area contributed by atoms with E-state index in [1.54, 1.807) is 0 Å². The topological polar surface area (TPSA) is 61.9 Å². The van der Waals surface area contributed by atoms with Gasteiger partial charge in [0.25, 0.3) is 5.91 Å². The monoisotopic (exact) mass is 443 g/mol. The van der Waals surface area contributed by atoms with Gasteiger partial charge in [0.1, 0.15) is 4.88 Å². The quantitative estimate of drug-likeness (QED) is 0.589. The number of rotatable bonds is 9. The highest BCUT2D eigenvalue weighted by molar-refractivity contribution is 7.14. The van der Waals surface area contributed by atoms with Crippen molar-refractivity contribution in [1.29, 1.82) is 0 Å². The van der Waals surface area contributed by atoms with E-state index in [-0.39, 0.29) is 12.5 Å². The molecule has 1 fully saturated rings. The molecule has 6 nitrogen and oxygen atoms in total. The Bertz CT molecular complexity index is 871. The largest absolute Gasteiger partial charge is 0.451 e. The van der Waals surface area contributed by atoms with Crippen molar-refractivity contribution in [1.82, 2.24) is 4.90 Å². The number of aryl methyl sites for hydroxylation is 2. The minimum absolute atomic E-state index is 0.290. The van der Waals surface area contributed by atoms with E-state index < -0.39 is 5.97 Å². The van der Waals surface area contributed by atoms with Crippen LogP contribution in [0.1, 0.15) is 47.3 Å². The molecule has 31 heavy (non-hydrogen) atoms. The van der Waals surface area contributed by atoms with E-state index >= 15 is 0 Å². The smallest absolute Gasteiger partial charge is 0.348 e. The summed E-state index contributed by atoms with van der Waals surface area (Å²) < 4.78 is 5.24. The first-order valence-electron chi connectivity index (χ1n) is 11.2. The lowest BCUT2D eigenvalue weighted by Gasteiger charge is -2.35. The zero-order valence-electron chi connectivity index (χ0n) is 18.8. The highest BCUT2D eigenvalue weighted by atomic mass is 32.1. The number of hydrogen-bond donors (Lipinski definition) is 1. The van der Waals surface area contributed by atoms with E-state index in [4.69, 9.17) is 4.74 Å². The molecule has 0 atom stereocenters. The minimum Gasteiger partial charge on any atom is -0.451 e. The molecule has 0 saturated carbocycles. The highest BCUT2D eigenvalue weighted by Crippen LogP contribution is 2.25. The molecular formula is C24H33N3O3S. The summed E-state index contributed by atoms with van der Waals surface area (Å²) in [5.74, 6) is -0.766. The van der Waals surface area contributed by atoms with Crippen LogP contribution in [0.4, 0.5) is 11.4 Å². The second kappa shape index (κ2) is 11.3. The van der Waals surface area contributed by atoms with Gasteiger partial charge in [-0.15, -0.1) is 11.3 Å². The van der Waals surface area contributed by atoms with Gasteiger partial charge in [0.15, 0.2) is 6.61 Å². The number of carbonyl (C=O) groups is 2. The van der Waals surface area contributed by atoms with Gasteiger partial charge in [-0.25, -0.2) is 4.79 Å². The summed E-state index contributed by atoms with van der Waals surface area (Å²) in [6.07, 6.45) is 2.90. The fourth-order valence-electron chi connectivity index (χ4n) is 3.78. The maximum atomic E-state index is 12.4. The molecule has 0 bridgehead atoms. The van der Waals surface area contributed by atoms with Crippen LogP contribution in [0.5, 0.6) is 0 Å². The zero-order chi connectivity index (χ0) is 22.2. The van der Waals surface area contributed by atoms with Gasteiger partial charge in [-0.2, -0.15) is 0 Å². The van der Waals surface area contributed by atoms with Crippen molar-refractivity contribution in [2.75, 3.05) is 49.5 Å². The van der Waals surface area contributed by atoms with E-state index in [0.717, 1.165) is 57.7 Å². The molecule has 1 N–H and O–H groups in total. The Morgan fingerprint density at radius 3 is 2.39 bits per heavy atom. The Balaban J connectivity index is 1.48. The van der Waals surface area contributed by atoms with Gasteiger partial charge in [0, 0.05) is 42.4 Å². The number of ether oxygens (including phenoxy) is 1. The van der Waals surface area contributed by atoms with Gasteiger partial charge >= 0.3 is 5.97 Å². The average molecular weight is 444 g/mol. The number of likely N-dealkylation sites (N-methyl/N-ethyl adjacent to an activating group) is 1. The Labute approximate surface area is 189 Å². The minimum atomic E-state index is -0.432. The molecule has 1 aromatic carbocycles. The Morgan fingerprint density at radius 2 is 1.77 bits per heavy atom. The van der Waals surface area contributed by atoms with Gasteiger partial charge in [0.2, 0.25) is 0 Å². The van der Waals surface area contributed by atoms with Crippen molar-refractivity contribution in [2.45, 2.75) is 40.0 Å². The highest BCUT2D eigenvalue weighted by Gasteiger charge is 2.17. The normalized spacial score (nSPS) is 14.5. The van der Waals surface area contributed by atoms with Crippen molar-refractivity contribution >= 4 is 34.6 Å². The predicted molar refractivity (Wildman–Crippen MR) is 127 cm³/mol. The Morgan fingerprint density at radius 1 is 1.06 bits per heavy atom. The van der Waals surface area contributed by atoms with E-state index in [0.29, 0.717) is 10.6 Å². The van der Waals surface area contributed by atoms with Crippen LogP contribution in [0.15, 0.2) is 30.3 Å². The SMILES string of the molecule is CCCc1sc(C(=O)OCC(=O)Nc2ccc(N3CCN(CC)CC3)cc2)cc1CC. The van der Waals surface area contributed by atoms with E-state index in [1.165, 1.54) is 21.8 Å². The summed E-state index contributed by atoms with van der Waals surface area (Å²) in [5, 5.41) is 2.80. The lowest BCUT2D eigenvalue weighted by atomic mass is 10.1. The second-order valence-electron chi connectivity index (χ2n) is 7.76. The molecule has 0 unspecified atom stereocenters. The van der Waals surface area contributed by atoms with E-state index in [1.807, 2.05) is 30.3 Å². The van der Waals surface area contributed by atoms with Crippen LogP contribution in [-0.2, 0) is 22.4 Å². The molecule has 1 saturated heterocycles. The summed E-state index contributed by atoms with van der Waals surface area (Å²) in [6, 6.07) is 9.73. The number of piperazine rings is 1. The number of amides is 1. The molecule has 1 aromatic heterocycles. The first-order valence-corrected chi connectivity index (χ1v) is 12.0. The second-order valence-corrected chi connectivity index (χ2v) is 8.89. The number of hydrogen-bond acceptors (Lipinski definition) is 6. The van der Waals surface area contributed by atoms with Crippen molar-refractivity contribution < 1.29 is 14.3 Å². The third-order valence-electron chi connectivity index (χ3n) is 5.63. The van der Waals surface area contributed by atoms with Crippen molar-refractivity contribution in [3.05, 3.63) is 45.6 Å². The number of esters is 1. The average Bonchev–Trinajstić information content (AvgIpc) is 3.21. The van der Waals surface area contributed by atoms with Crippen LogP contribution < -0.4 is 10.2 Å². The van der Waals surface area contributed by atoms with Crippen molar-refractivity contribution in [3.8, 4) is 0 Å². The molecule has 168 valence electrons. The van der Waals surface area contributed by atoms with Crippen LogP contribution in [0.25, 0.3) is 0 Å². The van der Waals surface area contributed by atoms with Crippen molar-refractivity contribution in [3.63, 3.8) is 0 Å². The van der Waals surface area contributed by atoms with E-state index in [2.05, 4.69) is 35.9 Å². The lowest BCUT2D eigenvalue weighted by molar-refractivity contribution is -0.119.